The van der Waals surface area contributed by atoms with Crippen LogP contribution in [0.2, 0.25) is 5.02 Å². The van der Waals surface area contributed by atoms with Crippen LogP contribution >= 0.6 is 11.6 Å². The fraction of sp³-hybridized carbons (Fsp3) is 0.125. The number of rotatable bonds is 7. The molecule has 1 heterocycles. The number of nitro benzene ring substituents is 1. The van der Waals surface area contributed by atoms with Crippen molar-refractivity contribution >= 4 is 38.2 Å². The maximum atomic E-state index is 14.3. The number of nitrogens with zero attached hydrogens (tertiary/aromatic N) is 3. The lowest BCUT2D eigenvalue weighted by atomic mass is 10.0. The van der Waals surface area contributed by atoms with E-state index in [1.807, 2.05) is 6.07 Å². The second-order valence-corrected chi connectivity index (χ2v) is 10.1. The molecule has 0 saturated heterocycles. The van der Waals surface area contributed by atoms with Crippen LogP contribution in [0.4, 0.5) is 18.9 Å². The number of nitro groups is 1. The van der Waals surface area contributed by atoms with Crippen molar-refractivity contribution in [2.45, 2.75) is 23.7 Å². The fourth-order valence-electron chi connectivity index (χ4n) is 3.90. The van der Waals surface area contributed by atoms with Crippen LogP contribution in [0.3, 0.4) is 0 Å². The van der Waals surface area contributed by atoms with Crippen LogP contribution in [0, 0.1) is 21.4 Å². The lowest BCUT2D eigenvalue weighted by Crippen LogP contribution is -2.38. The highest BCUT2D eigenvalue weighted by atomic mass is 35.5. The van der Waals surface area contributed by atoms with E-state index in [0.717, 1.165) is 18.3 Å². The SMILES string of the molecule is N#Cc1ccc2c(C(NS(=O)(=O)c3ccccc3[N+](=O)[O-])C(F)(F)F)cn(Cc3ccc(Cl)cc3)c2c1. The van der Waals surface area contributed by atoms with Gasteiger partial charge in [-0.15, -0.1) is 0 Å². The average Bonchev–Trinajstić information content (AvgIpc) is 3.20. The lowest BCUT2D eigenvalue weighted by Gasteiger charge is -2.21. The van der Waals surface area contributed by atoms with E-state index in [9.17, 15) is 37.0 Å². The summed E-state index contributed by atoms with van der Waals surface area (Å²) in [7, 11) is -4.99. The van der Waals surface area contributed by atoms with E-state index in [0.29, 0.717) is 10.6 Å². The molecular weight excluding hydrogens is 533 g/mol. The van der Waals surface area contributed by atoms with Crippen LogP contribution < -0.4 is 4.72 Å². The molecule has 0 saturated carbocycles. The first-order valence-corrected chi connectivity index (χ1v) is 12.4. The van der Waals surface area contributed by atoms with Crippen molar-refractivity contribution in [3.8, 4) is 6.07 Å². The normalized spacial score (nSPS) is 12.8. The van der Waals surface area contributed by atoms with Crippen LogP contribution in [-0.4, -0.2) is 24.1 Å². The van der Waals surface area contributed by atoms with Gasteiger partial charge in [0.1, 0.15) is 6.04 Å². The minimum Gasteiger partial charge on any atom is -0.343 e. The molecule has 1 N–H and O–H groups in total. The molecule has 8 nitrogen and oxygen atoms in total. The number of para-hydroxylation sites is 1. The molecule has 190 valence electrons. The van der Waals surface area contributed by atoms with Gasteiger partial charge in [0.2, 0.25) is 10.0 Å². The molecule has 0 spiro atoms. The molecule has 0 radical (unpaired) electrons. The van der Waals surface area contributed by atoms with Gasteiger partial charge in [-0.3, -0.25) is 10.1 Å². The Morgan fingerprint density at radius 2 is 1.78 bits per heavy atom. The second kappa shape index (κ2) is 9.85. The number of benzene rings is 3. The predicted octanol–water partition coefficient (Wildman–Crippen LogP) is 5.70. The third kappa shape index (κ3) is 5.43. The number of sulfonamides is 1. The number of nitrogens with one attached hydrogen (secondary N) is 1. The van der Waals surface area contributed by atoms with Crippen molar-refractivity contribution in [2.75, 3.05) is 0 Å². The summed E-state index contributed by atoms with van der Waals surface area (Å²) in [6.07, 6.45) is -3.95. The molecule has 0 bridgehead atoms. The summed E-state index contributed by atoms with van der Waals surface area (Å²) in [5.41, 5.74) is -0.135. The highest BCUT2D eigenvalue weighted by Gasteiger charge is 2.45. The number of hydrogen-bond donors (Lipinski definition) is 1. The number of nitriles is 1. The molecule has 0 amide bonds. The third-order valence-corrected chi connectivity index (χ3v) is 7.29. The van der Waals surface area contributed by atoms with Crippen molar-refractivity contribution < 1.29 is 26.5 Å². The Hall–Kier alpha value is -3.92. The Bertz CT molecular complexity index is 1650. The molecule has 4 aromatic rings. The largest absolute Gasteiger partial charge is 0.408 e. The van der Waals surface area contributed by atoms with E-state index < -0.39 is 43.3 Å². The van der Waals surface area contributed by atoms with Crippen LogP contribution in [0.1, 0.15) is 22.7 Å². The summed E-state index contributed by atoms with van der Waals surface area (Å²) in [5, 5.41) is 21.1. The topological polar surface area (TPSA) is 118 Å². The zero-order valence-corrected chi connectivity index (χ0v) is 20.2. The molecule has 0 aliphatic carbocycles. The summed E-state index contributed by atoms with van der Waals surface area (Å²) in [6, 6.07) is 13.9. The lowest BCUT2D eigenvalue weighted by molar-refractivity contribution is -0.387. The highest BCUT2D eigenvalue weighted by molar-refractivity contribution is 7.89. The number of hydrogen-bond acceptors (Lipinski definition) is 5. The van der Waals surface area contributed by atoms with Gasteiger partial charge >= 0.3 is 6.18 Å². The summed E-state index contributed by atoms with van der Waals surface area (Å²) in [5.74, 6) is 0. The monoisotopic (exact) mass is 548 g/mol. The Kier molecular flexibility index (Phi) is 6.96. The number of fused-ring (bicyclic) bond motifs is 1. The molecule has 4 rings (SSSR count). The minimum atomic E-state index is -5.11. The van der Waals surface area contributed by atoms with E-state index in [1.165, 1.54) is 34.9 Å². The van der Waals surface area contributed by atoms with Gasteiger partial charge in [-0.05, 0) is 35.9 Å². The third-order valence-electron chi connectivity index (χ3n) is 5.57. The maximum absolute atomic E-state index is 14.3. The Morgan fingerprint density at radius 3 is 2.41 bits per heavy atom. The quantitative estimate of drug-likeness (QED) is 0.234. The van der Waals surface area contributed by atoms with E-state index in [2.05, 4.69) is 0 Å². The van der Waals surface area contributed by atoms with Crippen molar-refractivity contribution in [3.63, 3.8) is 0 Å². The van der Waals surface area contributed by atoms with Crippen LogP contribution in [-0.2, 0) is 16.6 Å². The number of alkyl halides is 3. The fourth-order valence-corrected chi connectivity index (χ4v) is 5.40. The summed E-state index contributed by atoms with van der Waals surface area (Å²) in [6.45, 7) is 0.101. The molecule has 37 heavy (non-hydrogen) atoms. The first kappa shape index (κ1) is 26.2. The van der Waals surface area contributed by atoms with Gasteiger partial charge in [-0.2, -0.15) is 23.2 Å². The van der Waals surface area contributed by atoms with E-state index >= 15 is 0 Å². The first-order valence-electron chi connectivity index (χ1n) is 10.5. The standard InChI is InChI=1S/C24H16ClF3N4O4S/c25-17-8-5-15(6-9-17)13-31-14-19(18-10-7-16(12-29)11-21(18)31)23(24(26,27)28)30-37(35,36)22-4-2-1-3-20(22)32(33)34/h1-11,14,23,30H,13H2. The molecule has 3 aromatic carbocycles. The Balaban J connectivity index is 1.86. The van der Waals surface area contributed by atoms with E-state index in [4.69, 9.17) is 11.6 Å². The van der Waals surface area contributed by atoms with Gasteiger partial charge in [0.15, 0.2) is 4.90 Å². The van der Waals surface area contributed by atoms with E-state index in [-0.39, 0.29) is 23.0 Å². The van der Waals surface area contributed by atoms with Gasteiger partial charge in [0.05, 0.1) is 16.6 Å². The number of aromatic nitrogens is 1. The number of halogens is 4. The predicted molar refractivity (Wildman–Crippen MR) is 129 cm³/mol. The first-order chi connectivity index (χ1) is 17.4. The molecule has 0 aliphatic heterocycles. The van der Waals surface area contributed by atoms with Crippen LogP contribution in [0.25, 0.3) is 10.9 Å². The zero-order chi connectivity index (χ0) is 27.0. The second-order valence-electron chi connectivity index (χ2n) is 8.00. The molecule has 1 atom stereocenters. The summed E-state index contributed by atoms with van der Waals surface area (Å²) < 4.78 is 72.0. The minimum absolute atomic E-state index is 0.0561. The van der Waals surface area contributed by atoms with Crippen LogP contribution in [0.5, 0.6) is 0 Å². The smallest absolute Gasteiger partial charge is 0.343 e. The van der Waals surface area contributed by atoms with Crippen molar-refractivity contribution in [3.05, 3.63) is 105 Å². The van der Waals surface area contributed by atoms with Crippen molar-refractivity contribution in [2.24, 2.45) is 0 Å². The van der Waals surface area contributed by atoms with Crippen LogP contribution in [0.15, 0.2) is 77.8 Å². The van der Waals surface area contributed by atoms with E-state index in [1.54, 1.807) is 29.0 Å². The molecule has 0 fully saturated rings. The van der Waals surface area contributed by atoms with Gasteiger partial charge in [-0.1, -0.05) is 41.9 Å². The molecule has 0 aliphatic rings. The van der Waals surface area contributed by atoms with Gasteiger partial charge in [0.25, 0.3) is 5.69 Å². The van der Waals surface area contributed by atoms with Crippen molar-refractivity contribution in [1.29, 1.82) is 5.26 Å². The van der Waals surface area contributed by atoms with Gasteiger partial charge in [-0.25, -0.2) is 8.42 Å². The molecule has 13 heteroatoms. The summed E-state index contributed by atoms with van der Waals surface area (Å²) in [4.78, 5) is 9.42. The molecule has 1 aromatic heterocycles. The maximum Gasteiger partial charge on any atom is 0.408 e. The average molecular weight is 549 g/mol. The van der Waals surface area contributed by atoms with Crippen molar-refractivity contribution in [1.82, 2.24) is 9.29 Å². The summed E-state index contributed by atoms with van der Waals surface area (Å²) >= 11 is 5.91. The van der Waals surface area contributed by atoms with Gasteiger partial charge in [0, 0.05) is 40.3 Å². The highest BCUT2D eigenvalue weighted by Crippen LogP contribution is 2.39. The molecule has 1 unspecified atom stereocenters. The van der Waals surface area contributed by atoms with Gasteiger partial charge < -0.3 is 4.57 Å². The molecular formula is C24H16ClF3N4O4S. The Labute approximate surface area is 213 Å². The zero-order valence-electron chi connectivity index (χ0n) is 18.6. The Morgan fingerprint density at radius 1 is 1.11 bits per heavy atom.